The Kier molecular flexibility index (Phi) is 5.68. The zero-order chi connectivity index (χ0) is 18.5. The molecule has 1 aliphatic rings. The molecule has 1 aliphatic heterocycles. The largest absolute Gasteiger partial charge is 0.456 e. The van der Waals surface area contributed by atoms with Gasteiger partial charge in [0.1, 0.15) is 0 Å². The zero-order valence-electron chi connectivity index (χ0n) is 14.4. The van der Waals surface area contributed by atoms with Crippen LogP contribution in [0.3, 0.4) is 0 Å². The standard InChI is InChI=1S/C19H20N2O4S/c1-13-10-17(22)20-15-4-2-3-5-16(15)21(13)18(23)11-25-19(24)7-6-14-8-9-26-12-14/h2-5,8-9,12-13H,6-7,10-11H2,1H3,(H,20,22)/t13-/m1/s1. The van der Waals surface area contributed by atoms with Crippen molar-refractivity contribution in [3.63, 3.8) is 0 Å². The van der Waals surface area contributed by atoms with Crippen molar-refractivity contribution in [1.82, 2.24) is 0 Å². The number of rotatable bonds is 5. The summed E-state index contributed by atoms with van der Waals surface area (Å²) in [5, 5.41) is 6.74. The van der Waals surface area contributed by atoms with Crippen molar-refractivity contribution >= 4 is 40.5 Å². The first-order chi connectivity index (χ1) is 12.5. The molecule has 0 radical (unpaired) electrons. The topological polar surface area (TPSA) is 75.7 Å². The van der Waals surface area contributed by atoms with E-state index >= 15 is 0 Å². The van der Waals surface area contributed by atoms with Crippen LogP contribution in [-0.2, 0) is 25.5 Å². The third kappa shape index (κ3) is 4.29. The lowest BCUT2D eigenvalue weighted by Crippen LogP contribution is -2.41. The number of aryl methyl sites for hydroxylation is 1. The SMILES string of the molecule is C[C@@H]1CC(=O)Nc2ccccc2N1C(=O)COC(=O)CCc1ccsc1. The molecule has 1 atom stereocenters. The van der Waals surface area contributed by atoms with Crippen LogP contribution in [0.2, 0.25) is 0 Å². The molecule has 2 amide bonds. The highest BCUT2D eigenvalue weighted by atomic mass is 32.1. The molecule has 6 nitrogen and oxygen atoms in total. The van der Waals surface area contributed by atoms with Gasteiger partial charge in [-0.15, -0.1) is 0 Å². The third-order valence-electron chi connectivity index (χ3n) is 4.18. The minimum absolute atomic E-state index is 0.145. The molecule has 7 heteroatoms. The van der Waals surface area contributed by atoms with Gasteiger partial charge in [0.25, 0.3) is 5.91 Å². The van der Waals surface area contributed by atoms with Gasteiger partial charge >= 0.3 is 5.97 Å². The predicted molar refractivity (Wildman–Crippen MR) is 100 cm³/mol. The van der Waals surface area contributed by atoms with Crippen molar-refractivity contribution in [2.45, 2.75) is 32.2 Å². The number of hydrogen-bond acceptors (Lipinski definition) is 5. The Morgan fingerprint density at radius 3 is 2.88 bits per heavy atom. The fourth-order valence-electron chi connectivity index (χ4n) is 2.93. The van der Waals surface area contributed by atoms with E-state index in [1.165, 1.54) is 4.90 Å². The van der Waals surface area contributed by atoms with Gasteiger partial charge in [0.05, 0.1) is 11.4 Å². The van der Waals surface area contributed by atoms with Gasteiger partial charge in [-0.2, -0.15) is 11.3 Å². The van der Waals surface area contributed by atoms with Crippen molar-refractivity contribution < 1.29 is 19.1 Å². The molecule has 1 aromatic carbocycles. The summed E-state index contributed by atoms with van der Waals surface area (Å²) in [5.74, 6) is -0.896. The molecule has 0 saturated carbocycles. The van der Waals surface area contributed by atoms with Gasteiger partial charge in [-0.05, 0) is 47.9 Å². The first-order valence-electron chi connectivity index (χ1n) is 8.42. The van der Waals surface area contributed by atoms with Gasteiger partial charge in [0.15, 0.2) is 6.61 Å². The van der Waals surface area contributed by atoms with Crippen LogP contribution in [0.25, 0.3) is 0 Å². The van der Waals surface area contributed by atoms with E-state index in [0.29, 0.717) is 17.8 Å². The smallest absolute Gasteiger partial charge is 0.306 e. The lowest BCUT2D eigenvalue weighted by Gasteiger charge is -2.27. The van der Waals surface area contributed by atoms with Gasteiger partial charge in [-0.1, -0.05) is 12.1 Å². The number of esters is 1. The van der Waals surface area contributed by atoms with E-state index in [2.05, 4.69) is 5.32 Å². The Morgan fingerprint density at radius 1 is 1.31 bits per heavy atom. The van der Waals surface area contributed by atoms with Crippen molar-refractivity contribution in [2.75, 3.05) is 16.8 Å². The van der Waals surface area contributed by atoms with Crippen LogP contribution in [0.15, 0.2) is 41.1 Å². The number of benzene rings is 1. The molecule has 136 valence electrons. The molecule has 0 unspecified atom stereocenters. The zero-order valence-corrected chi connectivity index (χ0v) is 15.3. The summed E-state index contributed by atoms with van der Waals surface area (Å²) in [5.41, 5.74) is 2.28. The van der Waals surface area contributed by atoms with Crippen LogP contribution >= 0.6 is 11.3 Å². The predicted octanol–water partition coefficient (Wildman–Crippen LogP) is 2.99. The van der Waals surface area contributed by atoms with E-state index < -0.39 is 5.97 Å². The van der Waals surface area contributed by atoms with Crippen LogP contribution < -0.4 is 10.2 Å². The highest BCUT2D eigenvalue weighted by molar-refractivity contribution is 7.07. The Labute approximate surface area is 155 Å². The molecule has 0 bridgehead atoms. The first kappa shape index (κ1) is 18.1. The minimum atomic E-state index is -0.408. The maximum atomic E-state index is 12.7. The first-order valence-corrected chi connectivity index (χ1v) is 9.36. The highest BCUT2D eigenvalue weighted by Crippen LogP contribution is 2.31. The molecule has 2 heterocycles. The molecule has 0 spiro atoms. The van der Waals surface area contributed by atoms with Gasteiger partial charge in [0.2, 0.25) is 5.91 Å². The van der Waals surface area contributed by atoms with E-state index in [9.17, 15) is 14.4 Å². The van der Waals surface area contributed by atoms with Crippen LogP contribution in [0, 0.1) is 0 Å². The lowest BCUT2D eigenvalue weighted by molar-refractivity contribution is -0.148. The number of para-hydroxylation sites is 2. The van der Waals surface area contributed by atoms with Crippen molar-refractivity contribution in [1.29, 1.82) is 0 Å². The van der Waals surface area contributed by atoms with E-state index in [-0.39, 0.29) is 37.3 Å². The molecule has 26 heavy (non-hydrogen) atoms. The molecule has 1 aromatic heterocycles. The Balaban J connectivity index is 1.63. The number of fused-ring (bicyclic) bond motifs is 1. The average molecular weight is 372 g/mol. The third-order valence-corrected chi connectivity index (χ3v) is 4.91. The number of thiophene rings is 1. The summed E-state index contributed by atoms with van der Waals surface area (Å²) in [6, 6.07) is 8.75. The Bertz CT molecular complexity index is 804. The summed E-state index contributed by atoms with van der Waals surface area (Å²) in [6.07, 6.45) is 1.01. The number of nitrogens with one attached hydrogen (secondary N) is 1. The Hall–Kier alpha value is -2.67. The number of nitrogens with zero attached hydrogens (tertiary/aromatic N) is 1. The van der Waals surface area contributed by atoms with Crippen LogP contribution in [-0.4, -0.2) is 30.4 Å². The van der Waals surface area contributed by atoms with Crippen molar-refractivity contribution in [2.24, 2.45) is 0 Å². The second kappa shape index (κ2) is 8.14. The van der Waals surface area contributed by atoms with E-state index in [0.717, 1.165) is 5.56 Å². The van der Waals surface area contributed by atoms with Crippen molar-refractivity contribution in [3.05, 3.63) is 46.7 Å². The number of hydrogen-bond donors (Lipinski definition) is 1. The van der Waals surface area contributed by atoms with Gasteiger partial charge < -0.3 is 15.0 Å². The van der Waals surface area contributed by atoms with Gasteiger partial charge in [0, 0.05) is 18.9 Å². The normalized spacial score (nSPS) is 16.4. The second-order valence-corrected chi connectivity index (χ2v) is 6.95. The van der Waals surface area contributed by atoms with E-state index in [1.807, 2.05) is 16.8 Å². The summed E-state index contributed by atoms with van der Waals surface area (Å²) in [6.45, 7) is 1.47. The lowest BCUT2D eigenvalue weighted by atomic mass is 10.1. The van der Waals surface area contributed by atoms with E-state index in [4.69, 9.17) is 4.74 Å². The van der Waals surface area contributed by atoms with Crippen LogP contribution in [0.4, 0.5) is 11.4 Å². The van der Waals surface area contributed by atoms with Gasteiger partial charge in [-0.25, -0.2) is 0 Å². The fraction of sp³-hybridized carbons (Fsp3) is 0.316. The average Bonchev–Trinajstić information content (AvgIpc) is 3.09. The molecule has 0 saturated heterocycles. The van der Waals surface area contributed by atoms with E-state index in [1.54, 1.807) is 42.5 Å². The number of amides is 2. The molecule has 0 aliphatic carbocycles. The monoisotopic (exact) mass is 372 g/mol. The fourth-order valence-corrected chi connectivity index (χ4v) is 3.64. The maximum Gasteiger partial charge on any atom is 0.306 e. The number of carbonyl (C=O) groups excluding carboxylic acids is 3. The summed E-state index contributed by atoms with van der Waals surface area (Å²) < 4.78 is 5.15. The molecular weight excluding hydrogens is 352 g/mol. The van der Waals surface area contributed by atoms with Crippen LogP contribution in [0.5, 0.6) is 0 Å². The van der Waals surface area contributed by atoms with Crippen molar-refractivity contribution in [3.8, 4) is 0 Å². The summed E-state index contributed by atoms with van der Waals surface area (Å²) >= 11 is 1.58. The quantitative estimate of drug-likeness (QED) is 0.819. The highest BCUT2D eigenvalue weighted by Gasteiger charge is 2.29. The minimum Gasteiger partial charge on any atom is -0.456 e. The Morgan fingerprint density at radius 2 is 2.12 bits per heavy atom. The van der Waals surface area contributed by atoms with Crippen LogP contribution in [0.1, 0.15) is 25.3 Å². The molecule has 0 fully saturated rings. The molecule has 2 aromatic rings. The number of carbonyl (C=O) groups is 3. The number of anilines is 2. The number of ether oxygens (including phenoxy) is 1. The summed E-state index contributed by atoms with van der Waals surface area (Å²) in [7, 11) is 0. The second-order valence-electron chi connectivity index (χ2n) is 6.17. The molecule has 3 rings (SSSR count). The molecular formula is C19H20N2O4S. The summed E-state index contributed by atoms with van der Waals surface area (Å²) in [4.78, 5) is 38.1. The molecule has 1 N–H and O–H groups in total. The van der Waals surface area contributed by atoms with Gasteiger partial charge in [-0.3, -0.25) is 14.4 Å². The maximum absolute atomic E-state index is 12.7.